The molecule has 0 saturated carbocycles. The van der Waals surface area contributed by atoms with Crippen LogP contribution < -0.4 is 10.6 Å². The smallest absolute Gasteiger partial charge is 0.165 e. The first-order valence-corrected chi connectivity index (χ1v) is 9.10. The molecule has 0 aliphatic heterocycles. The Kier molecular flexibility index (Phi) is 5.25. The second-order valence-corrected chi connectivity index (χ2v) is 6.29. The molecule has 4 aromatic rings. The Morgan fingerprint density at radius 1 is 0.897 bits per heavy atom. The summed E-state index contributed by atoms with van der Waals surface area (Å²) in [5, 5.41) is 16.2. The van der Waals surface area contributed by atoms with Crippen LogP contribution in [0.15, 0.2) is 66.9 Å². The summed E-state index contributed by atoms with van der Waals surface area (Å²) < 4.78 is 14.2. The van der Waals surface area contributed by atoms with Crippen LogP contribution in [-0.2, 0) is 0 Å². The van der Waals surface area contributed by atoms with E-state index in [1.807, 2.05) is 30.3 Å². The van der Waals surface area contributed by atoms with E-state index in [0.717, 1.165) is 10.9 Å². The van der Waals surface area contributed by atoms with Crippen molar-refractivity contribution >= 4 is 22.5 Å². The minimum absolute atomic E-state index is 0.339. The van der Waals surface area contributed by atoms with E-state index in [0.29, 0.717) is 41.7 Å². The summed E-state index contributed by atoms with van der Waals surface area (Å²) in [4.78, 5) is 13.3. The van der Waals surface area contributed by atoms with Crippen LogP contribution in [-0.4, -0.2) is 28.0 Å². The van der Waals surface area contributed by atoms with Crippen LogP contribution in [0.1, 0.15) is 5.56 Å². The molecule has 0 aliphatic rings. The van der Waals surface area contributed by atoms with Gasteiger partial charge in [-0.1, -0.05) is 24.3 Å². The number of halogens is 1. The highest BCUT2D eigenvalue weighted by atomic mass is 19.1. The molecule has 0 atom stereocenters. The van der Waals surface area contributed by atoms with Gasteiger partial charge in [-0.2, -0.15) is 5.26 Å². The maximum atomic E-state index is 14.2. The first kappa shape index (κ1) is 18.3. The van der Waals surface area contributed by atoms with Gasteiger partial charge in [0, 0.05) is 24.7 Å². The van der Waals surface area contributed by atoms with E-state index in [1.54, 1.807) is 30.3 Å². The predicted octanol–water partition coefficient (Wildman–Crippen LogP) is 4.23. The molecule has 0 amide bonds. The van der Waals surface area contributed by atoms with Gasteiger partial charge in [0.05, 0.1) is 16.6 Å². The number of hydrogen-bond acceptors (Lipinski definition) is 6. The monoisotopic (exact) mass is 384 g/mol. The number of fused-ring (bicyclic) bond motifs is 1. The third-order valence-electron chi connectivity index (χ3n) is 4.33. The van der Waals surface area contributed by atoms with Crippen LogP contribution in [0.5, 0.6) is 0 Å². The summed E-state index contributed by atoms with van der Waals surface area (Å²) in [5.74, 6) is 1.31. The number of para-hydroxylation sites is 1. The SMILES string of the molecule is N#Cc1ccc(NCCNc2nc(-c3ccccc3F)nc3ccccc23)nc1. The van der Waals surface area contributed by atoms with Gasteiger partial charge in [0.15, 0.2) is 5.82 Å². The van der Waals surface area contributed by atoms with Crippen LogP contribution in [0.25, 0.3) is 22.3 Å². The quantitative estimate of drug-likeness (QED) is 0.484. The maximum Gasteiger partial charge on any atom is 0.165 e. The third-order valence-corrected chi connectivity index (χ3v) is 4.33. The molecule has 2 heterocycles. The highest BCUT2D eigenvalue weighted by Gasteiger charge is 2.12. The Hall–Kier alpha value is -4.05. The fraction of sp³-hybridized carbons (Fsp3) is 0.0909. The predicted molar refractivity (Wildman–Crippen MR) is 111 cm³/mol. The molecule has 0 bridgehead atoms. The lowest BCUT2D eigenvalue weighted by molar-refractivity contribution is 0.630. The fourth-order valence-corrected chi connectivity index (χ4v) is 2.91. The molecule has 29 heavy (non-hydrogen) atoms. The highest BCUT2D eigenvalue weighted by molar-refractivity contribution is 5.90. The Morgan fingerprint density at radius 2 is 1.69 bits per heavy atom. The summed E-state index contributed by atoms with van der Waals surface area (Å²) in [6, 6.07) is 19.6. The third kappa shape index (κ3) is 4.12. The van der Waals surface area contributed by atoms with Crippen molar-refractivity contribution in [3.05, 3.63) is 78.2 Å². The molecule has 0 fully saturated rings. The maximum absolute atomic E-state index is 14.2. The number of nitrogens with zero attached hydrogens (tertiary/aromatic N) is 4. The fourth-order valence-electron chi connectivity index (χ4n) is 2.91. The Labute approximate surface area is 167 Å². The van der Waals surface area contributed by atoms with Gasteiger partial charge in [-0.05, 0) is 36.4 Å². The van der Waals surface area contributed by atoms with Crippen molar-refractivity contribution in [3.8, 4) is 17.5 Å². The molecule has 6 nitrogen and oxygen atoms in total. The first-order valence-electron chi connectivity index (χ1n) is 9.10. The second-order valence-electron chi connectivity index (χ2n) is 6.29. The number of nitrogens with one attached hydrogen (secondary N) is 2. The minimum Gasteiger partial charge on any atom is -0.368 e. The number of aromatic nitrogens is 3. The molecule has 2 aromatic carbocycles. The average Bonchev–Trinajstić information content (AvgIpc) is 2.77. The molecule has 142 valence electrons. The van der Waals surface area contributed by atoms with Gasteiger partial charge in [-0.25, -0.2) is 19.3 Å². The molecule has 0 unspecified atom stereocenters. The molecule has 0 spiro atoms. The molecule has 0 saturated heterocycles. The Bertz CT molecular complexity index is 1180. The van der Waals surface area contributed by atoms with Crippen molar-refractivity contribution in [2.45, 2.75) is 0 Å². The lowest BCUT2D eigenvalue weighted by atomic mass is 10.1. The van der Waals surface area contributed by atoms with Gasteiger partial charge in [-0.15, -0.1) is 0 Å². The van der Waals surface area contributed by atoms with E-state index < -0.39 is 0 Å². The van der Waals surface area contributed by atoms with Crippen LogP contribution in [0.4, 0.5) is 16.0 Å². The summed E-state index contributed by atoms with van der Waals surface area (Å²) in [6.45, 7) is 1.16. The van der Waals surface area contributed by atoms with E-state index in [9.17, 15) is 4.39 Å². The zero-order valence-corrected chi connectivity index (χ0v) is 15.4. The van der Waals surface area contributed by atoms with Crippen molar-refractivity contribution < 1.29 is 4.39 Å². The molecule has 7 heteroatoms. The van der Waals surface area contributed by atoms with E-state index in [-0.39, 0.29) is 5.82 Å². The van der Waals surface area contributed by atoms with Crippen molar-refractivity contribution in [2.24, 2.45) is 0 Å². The minimum atomic E-state index is -0.359. The summed E-state index contributed by atoms with van der Waals surface area (Å²) in [7, 11) is 0. The number of benzene rings is 2. The van der Waals surface area contributed by atoms with Gasteiger partial charge in [0.25, 0.3) is 0 Å². The topological polar surface area (TPSA) is 86.5 Å². The molecular formula is C22H17FN6. The van der Waals surface area contributed by atoms with Gasteiger partial charge in [0.2, 0.25) is 0 Å². The number of nitriles is 1. The summed E-state index contributed by atoms with van der Waals surface area (Å²) >= 11 is 0. The van der Waals surface area contributed by atoms with Crippen molar-refractivity contribution in [1.82, 2.24) is 15.0 Å². The molecule has 2 aromatic heterocycles. The Morgan fingerprint density at radius 3 is 2.48 bits per heavy atom. The molecular weight excluding hydrogens is 367 g/mol. The lowest BCUT2D eigenvalue weighted by Crippen LogP contribution is -2.15. The molecule has 0 aliphatic carbocycles. The molecule has 4 rings (SSSR count). The second kappa shape index (κ2) is 8.31. The number of pyridine rings is 1. The summed E-state index contributed by atoms with van der Waals surface area (Å²) in [5.41, 5.74) is 1.62. The van der Waals surface area contributed by atoms with Gasteiger partial charge >= 0.3 is 0 Å². The lowest BCUT2D eigenvalue weighted by Gasteiger charge is -2.12. The van der Waals surface area contributed by atoms with Crippen molar-refractivity contribution in [2.75, 3.05) is 23.7 Å². The van der Waals surface area contributed by atoms with Crippen molar-refractivity contribution in [3.63, 3.8) is 0 Å². The molecule has 2 N–H and O–H groups in total. The van der Waals surface area contributed by atoms with Gasteiger partial charge in [-0.3, -0.25) is 0 Å². The Balaban J connectivity index is 1.53. The summed E-state index contributed by atoms with van der Waals surface area (Å²) in [6.07, 6.45) is 1.52. The van der Waals surface area contributed by atoms with Gasteiger partial charge < -0.3 is 10.6 Å². The van der Waals surface area contributed by atoms with E-state index in [1.165, 1.54) is 12.3 Å². The van der Waals surface area contributed by atoms with E-state index >= 15 is 0 Å². The standard InChI is InChI=1S/C22H17FN6/c23-18-7-3-1-5-16(18)22-28-19-8-4-2-6-17(19)21(29-22)26-12-11-25-20-10-9-15(13-24)14-27-20/h1-10,14H,11-12H2,(H,25,27)(H,26,28,29). The number of anilines is 2. The average molecular weight is 384 g/mol. The number of hydrogen-bond donors (Lipinski definition) is 2. The normalized spacial score (nSPS) is 10.5. The van der Waals surface area contributed by atoms with Gasteiger partial charge in [0.1, 0.15) is 23.5 Å². The van der Waals surface area contributed by atoms with Crippen LogP contribution in [0.2, 0.25) is 0 Å². The zero-order chi connectivity index (χ0) is 20.1. The van der Waals surface area contributed by atoms with Crippen LogP contribution in [0.3, 0.4) is 0 Å². The van der Waals surface area contributed by atoms with Crippen LogP contribution >= 0.6 is 0 Å². The zero-order valence-electron chi connectivity index (χ0n) is 15.4. The van der Waals surface area contributed by atoms with Crippen molar-refractivity contribution in [1.29, 1.82) is 5.26 Å². The van der Waals surface area contributed by atoms with E-state index in [2.05, 4.69) is 25.6 Å². The first-order chi connectivity index (χ1) is 14.2. The van der Waals surface area contributed by atoms with E-state index in [4.69, 9.17) is 5.26 Å². The van der Waals surface area contributed by atoms with Crippen LogP contribution in [0, 0.1) is 17.1 Å². The highest BCUT2D eigenvalue weighted by Crippen LogP contribution is 2.26. The molecule has 0 radical (unpaired) electrons. The largest absolute Gasteiger partial charge is 0.368 e. The number of rotatable bonds is 6.